The van der Waals surface area contributed by atoms with Crippen LogP contribution in [0.1, 0.15) is 18.1 Å². The molecule has 0 saturated heterocycles. The summed E-state index contributed by atoms with van der Waals surface area (Å²) < 4.78 is 22.8. The van der Waals surface area contributed by atoms with Crippen molar-refractivity contribution in [3.63, 3.8) is 0 Å². The van der Waals surface area contributed by atoms with Crippen LogP contribution in [-0.4, -0.2) is 32.4 Å². The van der Waals surface area contributed by atoms with Gasteiger partial charge < -0.3 is 10.6 Å². The lowest BCUT2D eigenvalue weighted by molar-refractivity contribution is -0.115. The monoisotopic (exact) mass is 282 g/mol. The van der Waals surface area contributed by atoms with Crippen LogP contribution >= 0.6 is 0 Å². The summed E-state index contributed by atoms with van der Waals surface area (Å²) in [5.41, 5.74) is 2.94. The fourth-order valence-electron chi connectivity index (χ4n) is 2.06. The third-order valence-corrected chi connectivity index (χ3v) is 4.91. The third kappa shape index (κ3) is 3.13. The predicted molar refractivity (Wildman–Crippen MR) is 74.8 cm³/mol. The topological polar surface area (TPSA) is 75.3 Å². The molecular formula is C13H18N2O3S. The van der Waals surface area contributed by atoms with Crippen molar-refractivity contribution in [2.75, 3.05) is 18.1 Å². The third-order valence-electron chi connectivity index (χ3n) is 3.42. The minimum absolute atomic E-state index is 0.485. The summed E-state index contributed by atoms with van der Waals surface area (Å²) in [6, 6.07) is 5.72. The van der Waals surface area contributed by atoms with E-state index >= 15 is 0 Å². The number of fused-ring (bicyclic) bond motifs is 1. The van der Waals surface area contributed by atoms with E-state index < -0.39 is 21.0 Å². The first kappa shape index (κ1) is 14.0. The van der Waals surface area contributed by atoms with E-state index in [9.17, 15) is 13.2 Å². The summed E-state index contributed by atoms with van der Waals surface area (Å²) in [5.74, 6) is -0.485. The lowest BCUT2D eigenvalue weighted by atomic mass is 9.99. The van der Waals surface area contributed by atoms with Gasteiger partial charge in [0.15, 0.2) is 9.84 Å². The molecule has 0 fully saturated rings. The highest BCUT2D eigenvalue weighted by molar-refractivity contribution is 7.92. The number of hydrogen-bond acceptors (Lipinski definition) is 4. The fourth-order valence-corrected chi connectivity index (χ4v) is 2.51. The lowest BCUT2D eigenvalue weighted by Gasteiger charge is -2.21. The zero-order valence-electron chi connectivity index (χ0n) is 11.1. The first-order chi connectivity index (χ1) is 8.89. The number of carbonyl (C=O) groups is 1. The van der Waals surface area contributed by atoms with Crippen molar-refractivity contribution in [3.8, 4) is 0 Å². The van der Waals surface area contributed by atoms with Gasteiger partial charge in [0.2, 0.25) is 5.91 Å². The number of benzene rings is 1. The van der Waals surface area contributed by atoms with Crippen molar-refractivity contribution in [2.45, 2.75) is 25.1 Å². The Morgan fingerprint density at radius 1 is 1.42 bits per heavy atom. The Morgan fingerprint density at radius 2 is 2.16 bits per heavy atom. The number of hydrogen-bond donors (Lipinski definition) is 2. The van der Waals surface area contributed by atoms with Crippen molar-refractivity contribution in [1.82, 2.24) is 5.32 Å². The smallest absolute Gasteiger partial charge is 0.242 e. The Bertz CT molecular complexity index is 596. The van der Waals surface area contributed by atoms with Gasteiger partial charge in [-0.2, -0.15) is 0 Å². The molecule has 1 unspecified atom stereocenters. The molecule has 2 rings (SSSR count). The van der Waals surface area contributed by atoms with Gasteiger partial charge in [-0.25, -0.2) is 8.42 Å². The van der Waals surface area contributed by atoms with Crippen LogP contribution in [0.4, 0.5) is 5.69 Å². The second-order valence-electron chi connectivity index (χ2n) is 4.83. The highest BCUT2D eigenvalue weighted by Gasteiger charge is 2.24. The molecule has 19 heavy (non-hydrogen) atoms. The number of sulfone groups is 1. The van der Waals surface area contributed by atoms with Crippen molar-refractivity contribution in [3.05, 3.63) is 29.3 Å². The van der Waals surface area contributed by atoms with E-state index in [1.54, 1.807) is 6.07 Å². The molecule has 1 aromatic rings. The summed E-state index contributed by atoms with van der Waals surface area (Å²) in [7, 11) is -3.37. The molecule has 1 atom stereocenters. The van der Waals surface area contributed by atoms with Crippen LogP contribution < -0.4 is 10.6 Å². The van der Waals surface area contributed by atoms with Crippen LogP contribution in [0.25, 0.3) is 0 Å². The Balaban J connectivity index is 2.23. The number of carbonyl (C=O) groups excluding carboxylic acids is 1. The van der Waals surface area contributed by atoms with Crippen LogP contribution in [-0.2, 0) is 27.6 Å². The minimum Gasteiger partial charge on any atom is -0.325 e. The molecule has 1 aliphatic rings. The van der Waals surface area contributed by atoms with Crippen molar-refractivity contribution in [1.29, 1.82) is 0 Å². The van der Waals surface area contributed by atoms with E-state index in [0.29, 0.717) is 12.2 Å². The van der Waals surface area contributed by atoms with Gasteiger partial charge in [0.1, 0.15) is 5.25 Å². The molecule has 1 aliphatic heterocycles. The Kier molecular flexibility index (Phi) is 3.91. The largest absolute Gasteiger partial charge is 0.325 e. The van der Waals surface area contributed by atoms with Gasteiger partial charge in [0.05, 0.1) is 0 Å². The molecule has 0 saturated carbocycles. The fraction of sp³-hybridized carbons (Fsp3) is 0.462. The zero-order chi connectivity index (χ0) is 14.0. The average molecular weight is 282 g/mol. The average Bonchev–Trinajstić information content (AvgIpc) is 2.37. The van der Waals surface area contributed by atoms with E-state index in [1.807, 2.05) is 12.1 Å². The molecule has 1 heterocycles. The maximum Gasteiger partial charge on any atom is 0.242 e. The van der Waals surface area contributed by atoms with E-state index in [2.05, 4.69) is 10.6 Å². The summed E-state index contributed by atoms with van der Waals surface area (Å²) in [6.45, 7) is 3.02. The molecule has 1 amide bonds. The molecule has 0 spiro atoms. The van der Waals surface area contributed by atoms with Crippen LogP contribution in [0.5, 0.6) is 0 Å². The normalized spacial score (nSPS) is 16.5. The van der Waals surface area contributed by atoms with E-state index in [-0.39, 0.29) is 0 Å². The second kappa shape index (κ2) is 5.30. The Labute approximate surface area is 113 Å². The van der Waals surface area contributed by atoms with Crippen molar-refractivity contribution in [2.24, 2.45) is 0 Å². The Hall–Kier alpha value is -1.40. The molecule has 6 heteroatoms. The number of nitrogens with one attached hydrogen (secondary N) is 2. The Morgan fingerprint density at radius 3 is 2.84 bits per heavy atom. The van der Waals surface area contributed by atoms with E-state index in [4.69, 9.17) is 0 Å². The summed E-state index contributed by atoms with van der Waals surface area (Å²) in [4.78, 5) is 11.9. The molecule has 0 aromatic heterocycles. The first-order valence-electron chi connectivity index (χ1n) is 6.21. The second-order valence-corrected chi connectivity index (χ2v) is 7.20. The molecule has 0 radical (unpaired) electrons. The minimum atomic E-state index is -3.37. The quantitative estimate of drug-likeness (QED) is 0.856. The van der Waals surface area contributed by atoms with Gasteiger partial charge in [-0.1, -0.05) is 12.1 Å². The highest BCUT2D eigenvalue weighted by Crippen LogP contribution is 2.23. The number of anilines is 1. The van der Waals surface area contributed by atoms with Gasteiger partial charge >= 0.3 is 0 Å². The molecule has 0 bridgehead atoms. The van der Waals surface area contributed by atoms with E-state index in [0.717, 1.165) is 24.8 Å². The van der Waals surface area contributed by atoms with Crippen LogP contribution in [0, 0.1) is 0 Å². The first-order valence-corrected chi connectivity index (χ1v) is 8.16. The van der Waals surface area contributed by atoms with Crippen LogP contribution in [0.15, 0.2) is 18.2 Å². The van der Waals surface area contributed by atoms with Gasteiger partial charge in [0.25, 0.3) is 0 Å². The van der Waals surface area contributed by atoms with Gasteiger partial charge in [-0.3, -0.25) is 4.79 Å². The summed E-state index contributed by atoms with van der Waals surface area (Å²) in [6.07, 6.45) is 1.99. The maximum atomic E-state index is 11.9. The van der Waals surface area contributed by atoms with Gasteiger partial charge in [-0.15, -0.1) is 0 Å². The van der Waals surface area contributed by atoms with Gasteiger partial charge in [-0.05, 0) is 37.1 Å². The molecule has 1 aromatic carbocycles. The highest BCUT2D eigenvalue weighted by atomic mass is 32.2. The lowest BCUT2D eigenvalue weighted by Crippen LogP contribution is -2.33. The SMILES string of the molecule is CC(C(=O)Nc1cccc2c1CNCC2)S(C)(=O)=O. The molecule has 2 N–H and O–H groups in total. The molecule has 5 nitrogen and oxygen atoms in total. The number of amides is 1. The van der Waals surface area contributed by atoms with Crippen LogP contribution in [0.3, 0.4) is 0 Å². The van der Waals surface area contributed by atoms with Crippen molar-refractivity contribution < 1.29 is 13.2 Å². The van der Waals surface area contributed by atoms with Crippen LogP contribution in [0.2, 0.25) is 0 Å². The molecular weight excluding hydrogens is 264 g/mol. The summed E-state index contributed by atoms with van der Waals surface area (Å²) >= 11 is 0. The van der Waals surface area contributed by atoms with E-state index in [1.165, 1.54) is 12.5 Å². The number of rotatable bonds is 3. The van der Waals surface area contributed by atoms with Gasteiger partial charge in [0, 0.05) is 18.5 Å². The standard InChI is InChI=1S/C13H18N2O3S/c1-9(19(2,17)18)13(16)15-12-5-3-4-10-6-7-14-8-11(10)12/h3-5,9,14H,6-8H2,1-2H3,(H,15,16). The molecule has 104 valence electrons. The zero-order valence-corrected chi connectivity index (χ0v) is 11.9. The predicted octanol–water partition coefficient (Wildman–Crippen LogP) is 0.704. The molecule has 0 aliphatic carbocycles. The summed E-state index contributed by atoms with van der Waals surface area (Å²) in [5, 5.41) is 4.92. The maximum absolute atomic E-state index is 11.9. The van der Waals surface area contributed by atoms with Crippen molar-refractivity contribution >= 4 is 21.4 Å².